The molecule has 2 rings (SSSR count). The van der Waals surface area contributed by atoms with Gasteiger partial charge in [-0.1, -0.05) is 18.2 Å². The van der Waals surface area contributed by atoms with Crippen molar-refractivity contribution in [3.63, 3.8) is 0 Å². The zero-order valence-corrected chi connectivity index (χ0v) is 8.43. The second-order valence-electron chi connectivity index (χ2n) is 3.34. The minimum Gasteiger partial charge on any atom is -0.379 e. The van der Waals surface area contributed by atoms with E-state index in [1.165, 1.54) is 5.56 Å². The van der Waals surface area contributed by atoms with Gasteiger partial charge in [0.25, 0.3) is 0 Å². The minimum absolute atomic E-state index is 0.0733. The Morgan fingerprint density at radius 3 is 2.27 bits per heavy atom. The highest BCUT2D eigenvalue weighted by atomic mass is 16.2. The molecule has 1 N–H and O–H groups in total. The van der Waals surface area contributed by atoms with Gasteiger partial charge in [0.2, 0.25) is 0 Å². The lowest BCUT2D eigenvalue weighted by Gasteiger charge is -1.99. The van der Waals surface area contributed by atoms with E-state index in [2.05, 4.69) is 18.2 Å². The molecule has 0 bridgehead atoms. The Morgan fingerprint density at radius 1 is 0.867 bits per heavy atom. The van der Waals surface area contributed by atoms with Crippen molar-refractivity contribution in [1.82, 2.24) is 0 Å². The Hall–Kier alpha value is -1.73. The van der Waals surface area contributed by atoms with E-state index < -0.39 is 0 Å². The second-order valence-corrected chi connectivity index (χ2v) is 3.34. The maximum absolute atomic E-state index is 8.94. The quantitative estimate of drug-likeness (QED) is 0.750. The molecule has 2 aromatic carbocycles. The van der Waals surface area contributed by atoms with Crippen LogP contribution in [0.1, 0.15) is 5.56 Å². The summed E-state index contributed by atoms with van der Waals surface area (Å²) in [4.78, 5) is 0. The molecule has 15 heavy (non-hydrogen) atoms. The number of hydrogen-bond donors (Lipinski definition) is 1. The number of benzene rings is 2. The smallest absolute Gasteiger partial charge is 0.140 e. The van der Waals surface area contributed by atoms with E-state index >= 15 is 0 Å². The van der Waals surface area contributed by atoms with Crippen molar-refractivity contribution < 1.29 is 5.11 Å². The molecule has 0 aliphatic rings. The normalized spacial score (nSPS) is 9.93. The van der Waals surface area contributed by atoms with E-state index in [0.29, 0.717) is 0 Å². The van der Waals surface area contributed by atoms with Crippen molar-refractivity contribution in [3.8, 4) is 11.1 Å². The van der Waals surface area contributed by atoms with Gasteiger partial charge in [0.05, 0.1) is 5.56 Å². The van der Waals surface area contributed by atoms with Gasteiger partial charge in [0, 0.05) is 24.1 Å². The van der Waals surface area contributed by atoms with E-state index in [-0.39, 0.29) is 6.61 Å². The zero-order valence-electron chi connectivity index (χ0n) is 8.43. The molecule has 0 unspecified atom stereocenters. The van der Waals surface area contributed by atoms with Gasteiger partial charge in [0.15, 0.2) is 0 Å². The summed E-state index contributed by atoms with van der Waals surface area (Å²) in [5, 5.41) is 8.94. The molecule has 1 nitrogen and oxygen atoms in total. The number of hydrogen-bond acceptors (Lipinski definition) is 1. The van der Waals surface area contributed by atoms with Crippen molar-refractivity contribution >= 4 is 0 Å². The van der Waals surface area contributed by atoms with E-state index in [1.54, 1.807) is 0 Å². The summed E-state index contributed by atoms with van der Waals surface area (Å²) < 4.78 is 0. The molecule has 74 valence electrons. The Balaban J connectivity index is 2.43. The largest absolute Gasteiger partial charge is 0.379 e. The predicted octanol–water partition coefficient (Wildman–Crippen LogP) is 2.90. The van der Waals surface area contributed by atoms with Crippen molar-refractivity contribution in [2.75, 3.05) is 6.61 Å². The molecular weight excluding hydrogens is 184 g/mol. The number of aliphatic hydroxyl groups is 1. The fourth-order valence-corrected chi connectivity index (χ4v) is 1.65. The molecule has 0 saturated heterocycles. The summed E-state index contributed by atoms with van der Waals surface area (Å²) in [6, 6.07) is 18.3. The van der Waals surface area contributed by atoms with Crippen LogP contribution in [0.15, 0.2) is 54.6 Å². The van der Waals surface area contributed by atoms with Crippen LogP contribution in [0.25, 0.3) is 11.1 Å². The van der Waals surface area contributed by atoms with Crippen LogP contribution in [0.3, 0.4) is 0 Å². The lowest BCUT2D eigenvalue weighted by atomic mass is 9.98. The van der Waals surface area contributed by atoms with E-state index in [9.17, 15) is 0 Å². The van der Waals surface area contributed by atoms with Crippen LogP contribution in [0.2, 0.25) is 0 Å². The third-order valence-corrected chi connectivity index (χ3v) is 2.36. The van der Waals surface area contributed by atoms with Gasteiger partial charge in [-0.3, -0.25) is 0 Å². The molecule has 0 aliphatic heterocycles. The van der Waals surface area contributed by atoms with Crippen LogP contribution in [0.5, 0.6) is 0 Å². The highest BCUT2D eigenvalue weighted by molar-refractivity contribution is 5.68. The van der Waals surface area contributed by atoms with E-state index in [4.69, 9.17) is 5.11 Å². The van der Waals surface area contributed by atoms with Crippen LogP contribution >= 0.6 is 0 Å². The average Bonchev–Trinajstić information content (AvgIpc) is 2.31. The summed E-state index contributed by atoms with van der Waals surface area (Å²) in [5.74, 6) is 0. The van der Waals surface area contributed by atoms with Gasteiger partial charge in [-0.05, 0) is 24.3 Å². The second kappa shape index (κ2) is 4.67. The van der Waals surface area contributed by atoms with Gasteiger partial charge in [0.1, 0.15) is 12.2 Å². The maximum atomic E-state index is 8.94. The Morgan fingerprint density at radius 2 is 1.53 bits per heavy atom. The Labute approximate surface area is 90.0 Å². The van der Waals surface area contributed by atoms with Crippen molar-refractivity contribution in [2.45, 2.75) is 0 Å². The summed E-state index contributed by atoms with van der Waals surface area (Å²) in [6.45, 7) is 0.0733. The first-order valence-electron chi connectivity index (χ1n) is 5.00. The highest BCUT2D eigenvalue weighted by Gasteiger charge is 2.11. The minimum atomic E-state index is 0.0733. The molecule has 0 amide bonds. The summed E-state index contributed by atoms with van der Waals surface area (Å²) in [7, 11) is 0. The van der Waals surface area contributed by atoms with Crippen LogP contribution in [-0.2, 0) is 0 Å². The van der Waals surface area contributed by atoms with E-state index in [0.717, 1.165) is 11.1 Å². The lowest BCUT2D eigenvalue weighted by Crippen LogP contribution is -1.91. The standard InChI is InChI=1S/C14H13O/c15-11-10-13-8-4-5-9-14(13)12-6-2-1-3-7-12/h1-10,15H,11H2/q+1. The molecule has 0 aromatic heterocycles. The predicted molar refractivity (Wildman–Crippen MR) is 62.4 cm³/mol. The van der Waals surface area contributed by atoms with Crippen molar-refractivity contribution in [3.05, 3.63) is 66.6 Å². The maximum Gasteiger partial charge on any atom is 0.140 e. The molecule has 0 spiro atoms. The molecule has 0 radical (unpaired) electrons. The third-order valence-electron chi connectivity index (χ3n) is 2.36. The van der Waals surface area contributed by atoms with Crippen LogP contribution in [0.4, 0.5) is 0 Å². The van der Waals surface area contributed by atoms with Gasteiger partial charge in [-0.2, -0.15) is 0 Å². The third kappa shape index (κ3) is 2.20. The molecule has 0 saturated carbocycles. The molecule has 0 heterocycles. The van der Waals surface area contributed by atoms with Crippen molar-refractivity contribution in [2.24, 2.45) is 0 Å². The van der Waals surface area contributed by atoms with E-state index in [1.807, 2.05) is 42.8 Å². The number of aliphatic hydroxyl groups excluding tert-OH is 1. The Bertz CT molecular complexity index is 420. The molecular formula is C14H13O+. The molecule has 0 fully saturated rings. The molecule has 0 aliphatic carbocycles. The first-order valence-corrected chi connectivity index (χ1v) is 5.00. The summed E-state index contributed by atoms with van der Waals surface area (Å²) >= 11 is 0. The highest BCUT2D eigenvalue weighted by Crippen LogP contribution is 2.24. The molecule has 1 heteroatoms. The number of rotatable bonds is 3. The van der Waals surface area contributed by atoms with Gasteiger partial charge in [-0.15, -0.1) is 0 Å². The Kier molecular flexibility index (Phi) is 3.05. The lowest BCUT2D eigenvalue weighted by molar-refractivity contribution is 0.331. The SMILES string of the molecule is OC[CH+]c1ccccc1-c1ccccc1. The average molecular weight is 197 g/mol. The van der Waals surface area contributed by atoms with Crippen LogP contribution in [-0.4, -0.2) is 11.7 Å². The summed E-state index contributed by atoms with van der Waals surface area (Å²) in [6.07, 6.45) is 1.82. The summed E-state index contributed by atoms with van der Waals surface area (Å²) in [5.41, 5.74) is 3.41. The first kappa shape index (κ1) is 9.81. The fourth-order valence-electron chi connectivity index (χ4n) is 1.65. The molecule has 0 atom stereocenters. The zero-order chi connectivity index (χ0) is 10.5. The topological polar surface area (TPSA) is 20.2 Å². The molecule has 2 aromatic rings. The van der Waals surface area contributed by atoms with Gasteiger partial charge >= 0.3 is 0 Å². The van der Waals surface area contributed by atoms with Gasteiger partial charge < -0.3 is 5.11 Å². The first-order chi connectivity index (χ1) is 7.42. The van der Waals surface area contributed by atoms with Crippen molar-refractivity contribution in [1.29, 1.82) is 0 Å². The van der Waals surface area contributed by atoms with Gasteiger partial charge in [-0.25, -0.2) is 0 Å². The van der Waals surface area contributed by atoms with Crippen LogP contribution in [0, 0.1) is 6.42 Å². The fraction of sp³-hybridized carbons (Fsp3) is 0.0714. The van der Waals surface area contributed by atoms with Crippen LogP contribution < -0.4 is 0 Å². The monoisotopic (exact) mass is 197 g/mol.